The van der Waals surface area contributed by atoms with E-state index in [1.165, 1.54) is 23.0 Å². The van der Waals surface area contributed by atoms with Crippen LogP contribution < -0.4 is 10.2 Å². The Bertz CT molecular complexity index is 879. The van der Waals surface area contributed by atoms with E-state index in [0.29, 0.717) is 17.5 Å². The van der Waals surface area contributed by atoms with Gasteiger partial charge in [-0.15, -0.1) is 10.2 Å². The standard InChI is InChI=1S/C21H25N5OS/c1-17-9-11-19(12-10-17)26-16-23-24-21(26)28-15-20(27)22-13-6-14-25(2)18-7-4-3-5-8-18/h3-5,7-12,16H,6,13-15H2,1-2H3,(H,22,27). The second-order valence-corrected chi connectivity index (χ2v) is 7.51. The van der Waals surface area contributed by atoms with Crippen molar-refractivity contribution in [1.82, 2.24) is 20.1 Å². The highest BCUT2D eigenvalue weighted by Gasteiger charge is 2.10. The molecule has 2 aromatic carbocycles. The first-order chi connectivity index (χ1) is 13.6. The predicted octanol–water partition coefficient (Wildman–Crippen LogP) is 3.31. The molecule has 146 valence electrons. The average molecular weight is 396 g/mol. The third-order valence-electron chi connectivity index (χ3n) is 4.35. The van der Waals surface area contributed by atoms with Crippen molar-refractivity contribution in [3.63, 3.8) is 0 Å². The summed E-state index contributed by atoms with van der Waals surface area (Å²) in [6, 6.07) is 18.4. The zero-order chi connectivity index (χ0) is 19.8. The van der Waals surface area contributed by atoms with Gasteiger partial charge in [-0.3, -0.25) is 9.36 Å². The summed E-state index contributed by atoms with van der Waals surface area (Å²) in [4.78, 5) is 14.3. The van der Waals surface area contributed by atoms with Gasteiger partial charge in [-0.2, -0.15) is 0 Å². The number of benzene rings is 2. The predicted molar refractivity (Wildman–Crippen MR) is 114 cm³/mol. The van der Waals surface area contributed by atoms with Crippen LogP contribution in [0.1, 0.15) is 12.0 Å². The number of amides is 1. The maximum absolute atomic E-state index is 12.1. The fourth-order valence-electron chi connectivity index (χ4n) is 2.74. The van der Waals surface area contributed by atoms with Crippen LogP contribution in [0, 0.1) is 6.92 Å². The van der Waals surface area contributed by atoms with Gasteiger partial charge in [-0.05, 0) is 37.6 Å². The van der Waals surface area contributed by atoms with E-state index >= 15 is 0 Å². The number of thioether (sulfide) groups is 1. The molecule has 0 unspecified atom stereocenters. The smallest absolute Gasteiger partial charge is 0.230 e. The van der Waals surface area contributed by atoms with Crippen molar-refractivity contribution < 1.29 is 4.79 Å². The molecule has 3 aromatic rings. The van der Waals surface area contributed by atoms with E-state index in [2.05, 4.69) is 39.6 Å². The Morgan fingerprint density at radius 2 is 1.89 bits per heavy atom. The van der Waals surface area contributed by atoms with Gasteiger partial charge in [0.25, 0.3) is 0 Å². The van der Waals surface area contributed by atoms with E-state index in [0.717, 1.165) is 18.7 Å². The molecule has 1 aromatic heterocycles. The molecule has 0 aliphatic carbocycles. The topological polar surface area (TPSA) is 63.1 Å². The van der Waals surface area contributed by atoms with E-state index in [-0.39, 0.29) is 5.91 Å². The summed E-state index contributed by atoms with van der Waals surface area (Å²) >= 11 is 1.39. The Balaban J connectivity index is 1.40. The number of hydrogen-bond donors (Lipinski definition) is 1. The number of aryl methyl sites for hydroxylation is 1. The van der Waals surface area contributed by atoms with Gasteiger partial charge in [-0.25, -0.2) is 0 Å². The number of nitrogens with zero attached hydrogens (tertiary/aromatic N) is 4. The van der Waals surface area contributed by atoms with Crippen molar-refractivity contribution in [2.75, 3.05) is 30.8 Å². The first-order valence-corrected chi connectivity index (χ1v) is 10.2. The van der Waals surface area contributed by atoms with Crippen molar-refractivity contribution in [3.05, 3.63) is 66.5 Å². The summed E-state index contributed by atoms with van der Waals surface area (Å²) in [6.07, 6.45) is 2.56. The van der Waals surface area contributed by atoms with E-state index in [4.69, 9.17) is 0 Å². The van der Waals surface area contributed by atoms with Crippen LogP contribution in [0.25, 0.3) is 5.69 Å². The van der Waals surface area contributed by atoms with Crippen molar-refractivity contribution in [3.8, 4) is 5.69 Å². The molecule has 0 fully saturated rings. The second kappa shape index (κ2) is 9.94. The quantitative estimate of drug-likeness (QED) is 0.445. The van der Waals surface area contributed by atoms with Crippen LogP contribution in [-0.4, -0.2) is 46.6 Å². The van der Waals surface area contributed by atoms with Crippen molar-refractivity contribution in [1.29, 1.82) is 0 Å². The Morgan fingerprint density at radius 1 is 1.14 bits per heavy atom. The van der Waals surface area contributed by atoms with Crippen LogP contribution in [0.5, 0.6) is 0 Å². The monoisotopic (exact) mass is 395 g/mol. The molecule has 0 spiro atoms. The first-order valence-electron chi connectivity index (χ1n) is 9.26. The van der Waals surface area contributed by atoms with E-state index in [9.17, 15) is 4.79 Å². The molecule has 0 bridgehead atoms. The summed E-state index contributed by atoms with van der Waals surface area (Å²) in [6.45, 7) is 3.59. The SMILES string of the molecule is Cc1ccc(-n2cnnc2SCC(=O)NCCCN(C)c2ccccc2)cc1. The largest absolute Gasteiger partial charge is 0.375 e. The highest BCUT2D eigenvalue weighted by atomic mass is 32.2. The minimum Gasteiger partial charge on any atom is -0.375 e. The molecule has 0 radical (unpaired) electrons. The van der Waals surface area contributed by atoms with Crippen LogP contribution in [-0.2, 0) is 4.79 Å². The van der Waals surface area contributed by atoms with Gasteiger partial charge in [0.1, 0.15) is 6.33 Å². The lowest BCUT2D eigenvalue weighted by Crippen LogP contribution is -2.29. The number of para-hydroxylation sites is 1. The molecule has 0 saturated carbocycles. The van der Waals surface area contributed by atoms with Gasteiger partial charge in [0, 0.05) is 31.5 Å². The zero-order valence-corrected chi connectivity index (χ0v) is 17.0. The maximum Gasteiger partial charge on any atom is 0.230 e. The second-order valence-electron chi connectivity index (χ2n) is 6.57. The number of hydrogen-bond acceptors (Lipinski definition) is 5. The van der Waals surface area contributed by atoms with Crippen LogP contribution in [0.4, 0.5) is 5.69 Å². The summed E-state index contributed by atoms with van der Waals surface area (Å²) in [5, 5.41) is 11.8. The van der Waals surface area contributed by atoms with Gasteiger partial charge in [0.2, 0.25) is 5.91 Å². The minimum absolute atomic E-state index is 0.00539. The number of carbonyl (C=O) groups excluding carboxylic acids is 1. The Kier molecular flexibility index (Phi) is 7.08. The number of carbonyl (C=O) groups is 1. The zero-order valence-electron chi connectivity index (χ0n) is 16.2. The Hall–Kier alpha value is -2.80. The molecule has 28 heavy (non-hydrogen) atoms. The van der Waals surface area contributed by atoms with Gasteiger partial charge >= 0.3 is 0 Å². The van der Waals surface area contributed by atoms with Gasteiger partial charge in [0.15, 0.2) is 5.16 Å². The molecule has 7 heteroatoms. The highest BCUT2D eigenvalue weighted by molar-refractivity contribution is 7.99. The molecular formula is C21H25N5OS. The molecule has 1 heterocycles. The molecule has 0 aliphatic rings. The lowest BCUT2D eigenvalue weighted by atomic mass is 10.2. The lowest BCUT2D eigenvalue weighted by Gasteiger charge is -2.19. The molecule has 0 saturated heterocycles. The number of anilines is 1. The molecular weight excluding hydrogens is 370 g/mol. The Morgan fingerprint density at radius 3 is 2.64 bits per heavy atom. The van der Waals surface area contributed by atoms with E-state index in [1.54, 1.807) is 6.33 Å². The van der Waals surface area contributed by atoms with E-state index in [1.807, 2.05) is 54.0 Å². The number of rotatable bonds is 9. The molecule has 0 atom stereocenters. The maximum atomic E-state index is 12.1. The van der Waals surface area contributed by atoms with Crippen molar-refractivity contribution >= 4 is 23.4 Å². The van der Waals surface area contributed by atoms with Crippen LogP contribution in [0.15, 0.2) is 66.1 Å². The first kappa shape index (κ1) is 19.9. The molecule has 1 amide bonds. The molecule has 6 nitrogen and oxygen atoms in total. The fourth-order valence-corrected chi connectivity index (χ4v) is 3.50. The van der Waals surface area contributed by atoms with Gasteiger partial charge in [0.05, 0.1) is 5.75 Å². The lowest BCUT2D eigenvalue weighted by molar-refractivity contribution is -0.118. The molecule has 1 N–H and O–H groups in total. The van der Waals surface area contributed by atoms with Crippen molar-refractivity contribution in [2.24, 2.45) is 0 Å². The summed E-state index contributed by atoms with van der Waals surface area (Å²) in [5.41, 5.74) is 3.37. The highest BCUT2D eigenvalue weighted by Crippen LogP contribution is 2.19. The van der Waals surface area contributed by atoms with E-state index < -0.39 is 0 Å². The summed E-state index contributed by atoms with van der Waals surface area (Å²) in [7, 11) is 2.06. The fraction of sp³-hybridized carbons (Fsp3) is 0.286. The van der Waals surface area contributed by atoms with Crippen molar-refractivity contribution in [2.45, 2.75) is 18.5 Å². The summed E-state index contributed by atoms with van der Waals surface area (Å²) in [5.74, 6) is 0.324. The minimum atomic E-state index is 0.00539. The average Bonchev–Trinajstić information content (AvgIpc) is 3.19. The normalized spacial score (nSPS) is 10.6. The molecule has 0 aliphatic heterocycles. The van der Waals surface area contributed by atoms with Gasteiger partial charge < -0.3 is 10.2 Å². The molecule has 3 rings (SSSR count). The summed E-state index contributed by atoms with van der Waals surface area (Å²) < 4.78 is 1.90. The van der Waals surface area contributed by atoms with Crippen LogP contribution in [0.2, 0.25) is 0 Å². The van der Waals surface area contributed by atoms with Crippen LogP contribution in [0.3, 0.4) is 0 Å². The van der Waals surface area contributed by atoms with Crippen LogP contribution >= 0.6 is 11.8 Å². The Labute approximate surface area is 170 Å². The number of aromatic nitrogens is 3. The third kappa shape index (κ3) is 5.60. The van der Waals surface area contributed by atoms with Gasteiger partial charge in [-0.1, -0.05) is 47.7 Å². The third-order valence-corrected chi connectivity index (χ3v) is 5.29. The number of nitrogens with one attached hydrogen (secondary N) is 1.